The fourth-order valence-corrected chi connectivity index (χ4v) is 4.19. The van der Waals surface area contributed by atoms with Gasteiger partial charge in [0.2, 0.25) is 0 Å². The Balaban J connectivity index is 1.75. The maximum absolute atomic E-state index is 12.8. The summed E-state index contributed by atoms with van der Waals surface area (Å²) in [5.74, 6) is 1.49. The molecule has 1 aliphatic heterocycles. The van der Waals surface area contributed by atoms with E-state index >= 15 is 0 Å². The van der Waals surface area contributed by atoms with Gasteiger partial charge in [0.1, 0.15) is 12.4 Å². The van der Waals surface area contributed by atoms with Crippen molar-refractivity contribution in [3.8, 4) is 17.2 Å². The number of amides is 2. The van der Waals surface area contributed by atoms with Crippen LogP contribution in [0.4, 0.5) is 4.79 Å². The van der Waals surface area contributed by atoms with Gasteiger partial charge in [0.25, 0.3) is 11.1 Å². The number of hydrogen-bond donors (Lipinski definition) is 0. The molecule has 2 aromatic carbocycles. The van der Waals surface area contributed by atoms with Crippen LogP contribution < -0.4 is 14.2 Å². The predicted molar refractivity (Wildman–Crippen MR) is 128 cm³/mol. The van der Waals surface area contributed by atoms with Crippen molar-refractivity contribution in [3.63, 3.8) is 0 Å². The summed E-state index contributed by atoms with van der Waals surface area (Å²) in [6, 6.07) is 10.6. The van der Waals surface area contributed by atoms with Crippen molar-refractivity contribution in [2.24, 2.45) is 0 Å². The van der Waals surface area contributed by atoms with E-state index in [2.05, 4.69) is 6.58 Å². The topological polar surface area (TPSA) is 65.1 Å². The molecule has 168 valence electrons. The zero-order chi connectivity index (χ0) is 23.1. The van der Waals surface area contributed by atoms with Gasteiger partial charge in [0.15, 0.2) is 11.5 Å². The van der Waals surface area contributed by atoms with E-state index < -0.39 is 0 Å². The van der Waals surface area contributed by atoms with E-state index in [1.165, 1.54) is 4.90 Å². The summed E-state index contributed by atoms with van der Waals surface area (Å²) in [7, 11) is 1.58. The molecule has 0 unspecified atom stereocenters. The summed E-state index contributed by atoms with van der Waals surface area (Å²) >= 11 is 6.77. The summed E-state index contributed by atoms with van der Waals surface area (Å²) in [6.07, 6.45) is 4.04. The van der Waals surface area contributed by atoms with Crippen LogP contribution >= 0.6 is 23.4 Å². The summed E-state index contributed by atoms with van der Waals surface area (Å²) in [5.41, 5.74) is 1.63. The second-order valence-electron chi connectivity index (χ2n) is 6.77. The average Bonchev–Trinajstić information content (AvgIpc) is 3.03. The first-order valence-corrected chi connectivity index (χ1v) is 11.2. The van der Waals surface area contributed by atoms with Crippen LogP contribution in [0.2, 0.25) is 5.02 Å². The Bertz CT molecular complexity index is 1040. The number of ether oxygens (including phenoxy) is 3. The van der Waals surface area contributed by atoms with E-state index in [1.807, 2.05) is 13.0 Å². The number of carbonyl (C=O) groups excluding carboxylic acids is 2. The van der Waals surface area contributed by atoms with Gasteiger partial charge < -0.3 is 14.2 Å². The molecule has 32 heavy (non-hydrogen) atoms. The number of methoxy groups -OCH3 is 1. The SMILES string of the molecule is C=CCc1cc(/C=C2\SC(=O)N(CCOc3ccc(Cl)cc3)C2=O)cc(OCC)c1OC. The number of rotatable bonds is 10. The molecule has 2 aromatic rings. The van der Waals surface area contributed by atoms with E-state index in [0.29, 0.717) is 40.2 Å². The summed E-state index contributed by atoms with van der Waals surface area (Å²) < 4.78 is 16.8. The highest BCUT2D eigenvalue weighted by Gasteiger charge is 2.34. The summed E-state index contributed by atoms with van der Waals surface area (Å²) in [6.45, 7) is 6.48. The van der Waals surface area contributed by atoms with E-state index in [9.17, 15) is 9.59 Å². The number of carbonyl (C=O) groups is 2. The zero-order valence-electron chi connectivity index (χ0n) is 17.9. The number of allylic oxidation sites excluding steroid dienone is 1. The summed E-state index contributed by atoms with van der Waals surface area (Å²) in [4.78, 5) is 26.8. The first-order chi connectivity index (χ1) is 15.5. The molecular formula is C24H24ClNO5S. The lowest BCUT2D eigenvalue weighted by Crippen LogP contribution is -2.32. The van der Waals surface area contributed by atoms with Crippen LogP contribution in [0.25, 0.3) is 6.08 Å². The zero-order valence-corrected chi connectivity index (χ0v) is 19.5. The molecule has 1 fully saturated rings. The lowest BCUT2D eigenvalue weighted by molar-refractivity contribution is -0.123. The maximum Gasteiger partial charge on any atom is 0.293 e. The fourth-order valence-electron chi connectivity index (χ4n) is 3.20. The van der Waals surface area contributed by atoms with Crippen LogP contribution in [0.1, 0.15) is 18.1 Å². The van der Waals surface area contributed by atoms with Gasteiger partial charge in [-0.2, -0.15) is 0 Å². The van der Waals surface area contributed by atoms with Crippen molar-refractivity contribution in [2.75, 3.05) is 26.9 Å². The van der Waals surface area contributed by atoms with Gasteiger partial charge in [0, 0.05) is 10.6 Å². The monoisotopic (exact) mass is 473 g/mol. The number of nitrogens with zero attached hydrogens (tertiary/aromatic N) is 1. The average molecular weight is 474 g/mol. The molecule has 0 N–H and O–H groups in total. The maximum atomic E-state index is 12.8. The van der Waals surface area contributed by atoms with Crippen LogP contribution in [0, 0.1) is 0 Å². The minimum atomic E-state index is -0.348. The lowest BCUT2D eigenvalue weighted by Gasteiger charge is -2.15. The molecule has 0 spiro atoms. The minimum Gasteiger partial charge on any atom is -0.493 e. The molecule has 0 aromatic heterocycles. The minimum absolute atomic E-state index is 0.152. The standard InChI is InChI=1S/C24H24ClNO5S/c1-4-6-17-13-16(14-20(30-5-2)22(17)29-3)15-21-23(27)26(24(28)32-21)11-12-31-19-9-7-18(25)8-10-19/h4,7-10,13-15H,1,5-6,11-12H2,2-3H3/b21-15-. The third-order valence-corrected chi connectivity index (χ3v) is 5.75. The molecule has 1 heterocycles. The molecule has 1 aliphatic rings. The quantitative estimate of drug-likeness (QED) is 0.331. The second kappa shape index (κ2) is 11.1. The van der Waals surface area contributed by atoms with Crippen LogP contribution in [0.5, 0.6) is 17.2 Å². The number of benzene rings is 2. The molecule has 0 aliphatic carbocycles. The first kappa shape index (κ1) is 23.8. The molecule has 0 bridgehead atoms. The van der Waals surface area contributed by atoms with E-state index in [1.54, 1.807) is 49.6 Å². The Labute approximate surface area is 196 Å². The van der Waals surface area contributed by atoms with E-state index in [4.69, 9.17) is 25.8 Å². The number of thioether (sulfide) groups is 1. The van der Waals surface area contributed by atoms with Crippen molar-refractivity contribution in [1.82, 2.24) is 4.90 Å². The van der Waals surface area contributed by atoms with E-state index in [-0.39, 0.29) is 24.3 Å². The van der Waals surface area contributed by atoms with E-state index in [0.717, 1.165) is 22.9 Å². The molecule has 2 amide bonds. The van der Waals surface area contributed by atoms with Gasteiger partial charge >= 0.3 is 0 Å². The number of hydrogen-bond acceptors (Lipinski definition) is 6. The highest BCUT2D eigenvalue weighted by atomic mass is 35.5. The first-order valence-electron chi connectivity index (χ1n) is 10.0. The van der Waals surface area contributed by atoms with Gasteiger partial charge in [-0.15, -0.1) is 6.58 Å². The van der Waals surface area contributed by atoms with Gasteiger partial charge in [0.05, 0.1) is 25.2 Å². The molecule has 0 radical (unpaired) electrons. The third-order valence-electron chi connectivity index (χ3n) is 4.59. The number of imide groups is 1. The largest absolute Gasteiger partial charge is 0.493 e. The van der Waals surface area contributed by atoms with Crippen LogP contribution in [0.15, 0.2) is 54.0 Å². The Morgan fingerprint density at radius 1 is 1.16 bits per heavy atom. The van der Waals surface area contributed by atoms with Crippen molar-refractivity contribution in [3.05, 3.63) is 70.1 Å². The Hall–Kier alpha value is -2.90. The second-order valence-corrected chi connectivity index (χ2v) is 8.20. The molecule has 0 saturated carbocycles. The molecule has 1 saturated heterocycles. The van der Waals surface area contributed by atoms with Crippen molar-refractivity contribution >= 4 is 40.6 Å². The Morgan fingerprint density at radius 3 is 2.56 bits per heavy atom. The van der Waals surface area contributed by atoms with Crippen molar-refractivity contribution in [1.29, 1.82) is 0 Å². The van der Waals surface area contributed by atoms with Crippen LogP contribution in [-0.2, 0) is 11.2 Å². The van der Waals surface area contributed by atoms with Gasteiger partial charge in [-0.1, -0.05) is 17.7 Å². The van der Waals surface area contributed by atoms with Crippen LogP contribution in [-0.4, -0.2) is 42.9 Å². The predicted octanol–water partition coefficient (Wildman–Crippen LogP) is 5.59. The highest BCUT2D eigenvalue weighted by Crippen LogP contribution is 2.37. The lowest BCUT2D eigenvalue weighted by atomic mass is 10.0. The molecule has 6 nitrogen and oxygen atoms in total. The van der Waals surface area contributed by atoms with Crippen molar-refractivity contribution in [2.45, 2.75) is 13.3 Å². The van der Waals surface area contributed by atoms with Crippen LogP contribution in [0.3, 0.4) is 0 Å². The van der Waals surface area contributed by atoms with Gasteiger partial charge in [-0.25, -0.2) is 0 Å². The normalized spacial score (nSPS) is 14.7. The molecule has 3 rings (SSSR count). The van der Waals surface area contributed by atoms with Gasteiger partial charge in [-0.3, -0.25) is 14.5 Å². The molecular weight excluding hydrogens is 450 g/mol. The van der Waals surface area contributed by atoms with Crippen molar-refractivity contribution < 1.29 is 23.8 Å². The Morgan fingerprint density at radius 2 is 1.91 bits per heavy atom. The molecule has 8 heteroatoms. The fraction of sp³-hybridized carbons (Fsp3) is 0.250. The number of halogens is 1. The highest BCUT2D eigenvalue weighted by molar-refractivity contribution is 8.18. The smallest absolute Gasteiger partial charge is 0.293 e. The Kier molecular flexibility index (Phi) is 8.25. The third kappa shape index (κ3) is 5.66. The molecule has 0 atom stereocenters. The summed E-state index contributed by atoms with van der Waals surface area (Å²) in [5, 5.41) is 0.279. The van der Waals surface area contributed by atoms with Gasteiger partial charge in [-0.05, 0) is 73.1 Å².